The molecule has 0 spiro atoms. The van der Waals surface area contributed by atoms with E-state index in [0.717, 1.165) is 27.9 Å². The Labute approximate surface area is 97.7 Å². The average Bonchev–Trinajstić information content (AvgIpc) is 2.56. The van der Waals surface area contributed by atoms with E-state index in [4.69, 9.17) is 0 Å². The number of thioether (sulfide) groups is 2. The average molecular weight is 242 g/mol. The van der Waals surface area contributed by atoms with Gasteiger partial charge in [0.15, 0.2) is 5.16 Å². The van der Waals surface area contributed by atoms with E-state index in [0.29, 0.717) is 5.25 Å². The summed E-state index contributed by atoms with van der Waals surface area (Å²) in [7, 11) is 1.80. The van der Waals surface area contributed by atoms with Crippen LogP contribution >= 0.6 is 23.5 Å². The minimum Gasteiger partial charge on any atom is -0.290 e. The Hall–Kier alpha value is -0.420. The maximum atomic E-state index is 12.0. The van der Waals surface area contributed by atoms with E-state index in [1.165, 1.54) is 0 Å². The van der Waals surface area contributed by atoms with Crippen LogP contribution in [-0.2, 0) is 13.5 Å². The zero-order valence-electron chi connectivity index (χ0n) is 9.11. The summed E-state index contributed by atoms with van der Waals surface area (Å²) in [4.78, 5) is 17.4. The van der Waals surface area contributed by atoms with Crippen LogP contribution in [0.1, 0.15) is 19.5 Å². The van der Waals surface area contributed by atoms with Crippen LogP contribution in [0.2, 0.25) is 0 Å². The molecule has 82 valence electrons. The fourth-order valence-electron chi connectivity index (χ4n) is 1.63. The van der Waals surface area contributed by atoms with Gasteiger partial charge in [0.1, 0.15) is 0 Å². The van der Waals surface area contributed by atoms with Crippen molar-refractivity contribution in [2.24, 2.45) is 7.05 Å². The number of nitrogens with zero attached hydrogens (tertiary/aromatic N) is 2. The predicted molar refractivity (Wildman–Crippen MR) is 64.9 cm³/mol. The largest absolute Gasteiger partial charge is 0.290 e. The lowest BCUT2D eigenvalue weighted by atomic mass is 10.2. The van der Waals surface area contributed by atoms with E-state index >= 15 is 0 Å². The monoisotopic (exact) mass is 242 g/mol. The molecule has 3 nitrogen and oxygen atoms in total. The Morgan fingerprint density at radius 1 is 1.67 bits per heavy atom. The van der Waals surface area contributed by atoms with Crippen molar-refractivity contribution >= 4 is 23.5 Å². The van der Waals surface area contributed by atoms with Gasteiger partial charge in [0.2, 0.25) is 0 Å². The second-order valence-corrected chi connectivity index (χ2v) is 6.28. The second kappa shape index (κ2) is 4.22. The molecule has 15 heavy (non-hydrogen) atoms. The first kappa shape index (κ1) is 11.1. The topological polar surface area (TPSA) is 34.9 Å². The summed E-state index contributed by atoms with van der Waals surface area (Å²) < 4.78 is 1.66. The minimum absolute atomic E-state index is 0.116. The molecule has 0 bridgehead atoms. The molecule has 0 amide bonds. The SMILES string of the molecule is CCSc1nc2c(c(=O)n1C)S[C@H](C)C2. The lowest BCUT2D eigenvalue weighted by molar-refractivity contribution is 0.665. The fraction of sp³-hybridized carbons (Fsp3) is 0.600. The number of fused-ring (bicyclic) bond motifs is 1. The third-order valence-electron chi connectivity index (χ3n) is 2.35. The van der Waals surface area contributed by atoms with Crippen molar-refractivity contribution in [3.63, 3.8) is 0 Å². The van der Waals surface area contributed by atoms with Crippen molar-refractivity contribution in [3.05, 3.63) is 16.0 Å². The fourth-order valence-corrected chi connectivity index (χ4v) is 3.49. The van der Waals surface area contributed by atoms with Gasteiger partial charge in [-0.05, 0) is 5.75 Å². The van der Waals surface area contributed by atoms with Gasteiger partial charge in [0, 0.05) is 18.7 Å². The Bertz CT molecular complexity index is 441. The van der Waals surface area contributed by atoms with Gasteiger partial charge in [-0.25, -0.2) is 4.98 Å². The van der Waals surface area contributed by atoms with Crippen LogP contribution in [0, 0.1) is 0 Å². The summed E-state index contributed by atoms with van der Waals surface area (Å²) in [5.41, 5.74) is 1.11. The molecule has 1 atom stereocenters. The van der Waals surface area contributed by atoms with Crippen molar-refractivity contribution in [1.29, 1.82) is 0 Å². The van der Waals surface area contributed by atoms with Crippen LogP contribution in [-0.4, -0.2) is 20.6 Å². The lowest BCUT2D eigenvalue weighted by Crippen LogP contribution is -2.22. The van der Waals surface area contributed by atoms with Gasteiger partial charge in [0.25, 0.3) is 5.56 Å². The maximum Gasteiger partial charge on any atom is 0.267 e. The number of hydrogen-bond donors (Lipinski definition) is 0. The minimum atomic E-state index is 0.116. The van der Waals surface area contributed by atoms with Crippen molar-refractivity contribution < 1.29 is 0 Å². The van der Waals surface area contributed by atoms with Crippen LogP contribution in [0.4, 0.5) is 0 Å². The third-order valence-corrected chi connectivity index (χ3v) is 4.48. The zero-order valence-corrected chi connectivity index (χ0v) is 10.7. The van der Waals surface area contributed by atoms with Crippen LogP contribution < -0.4 is 5.56 Å². The number of aromatic nitrogens is 2. The highest BCUT2D eigenvalue weighted by atomic mass is 32.2. The molecule has 0 unspecified atom stereocenters. The van der Waals surface area contributed by atoms with Crippen molar-refractivity contribution in [2.45, 2.75) is 35.6 Å². The van der Waals surface area contributed by atoms with Crippen LogP contribution in [0.25, 0.3) is 0 Å². The van der Waals surface area contributed by atoms with Crippen LogP contribution in [0.5, 0.6) is 0 Å². The maximum absolute atomic E-state index is 12.0. The van der Waals surface area contributed by atoms with Gasteiger partial charge >= 0.3 is 0 Å². The number of rotatable bonds is 2. The quantitative estimate of drug-likeness (QED) is 0.586. The molecule has 0 saturated carbocycles. The molecule has 0 saturated heterocycles. The molecule has 0 aliphatic carbocycles. The van der Waals surface area contributed by atoms with E-state index < -0.39 is 0 Å². The zero-order chi connectivity index (χ0) is 11.0. The summed E-state index contributed by atoms with van der Waals surface area (Å²) >= 11 is 3.28. The summed E-state index contributed by atoms with van der Waals surface area (Å²) in [5.74, 6) is 0.946. The first-order chi connectivity index (χ1) is 7.13. The molecular formula is C10H14N2OS2. The molecule has 0 radical (unpaired) electrons. The molecular weight excluding hydrogens is 228 g/mol. The van der Waals surface area contributed by atoms with E-state index in [2.05, 4.69) is 18.8 Å². The summed E-state index contributed by atoms with van der Waals surface area (Å²) in [6.07, 6.45) is 0.924. The molecule has 5 heteroatoms. The summed E-state index contributed by atoms with van der Waals surface area (Å²) in [6.45, 7) is 4.21. The van der Waals surface area contributed by atoms with E-state index in [1.54, 1.807) is 35.1 Å². The molecule has 0 fully saturated rings. The molecule has 1 aliphatic heterocycles. The van der Waals surface area contributed by atoms with Crippen molar-refractivity contribution in [1.82, 2.24) is 9.55 Å². The molecule has 1 aromatic rings. The van der Waals surface area contributed by atoms with Crippen LogP contribution in [0.3, 0.4) is 0 Å². The molecule has 1 aromatic heterocycles. The van der Waals surface area contributed by atoms with Gasteiger partial charge in [-0.2, -0.15) is 0 Å². The summed E-state index contributed by atoms with van der Waals surface area (Å²) in [5, 5.41) is 1.33. The lowest BCUT2D eigenvalue weighted by Gasteiger charge is -2.07. The van der Waals surface area contributed by atoms with E-state index in [-0.39, 0.29) is 5.56 Å². The molecule has 1 aliphatic rings. The standard InChI is InChI=1S/C10H14N2OS2/c1-4-14-10-11-7-5-6(2)15-8(7)9(13)12(10)3/h6H,4-5H2,1-3H3/t6-/m1/s1. The molecule has 2 rings (SSSR count). The van der Waals surface area contributed by atoms with E-state index in [1.807, 2.05) is 0 Å². The molecule has 0 N–H and O–H groups in total. The third kappa shape index (κ3) is 1.95. The normalized spacial score (nSPS) is 19.3. The Morgan fingerprint density at radius 2 is 2.40 bits per heavy atom. The molecule has 0 aromatic carbocycles. The highest BCUT2D eigenvalue weighted by molar-refractivity contribution is 8.00. The number of hydrogen-bond acceptors (Lipinski definition) is 4. The first-order valence-corrected chi connectivity index (χ1v) is 6.89. The first-order valence-electron chi connectivity index (χ1n) is 5.02. The second-order valence-electron chi connectivity index (χ2n) is 3.60. The van der Waals surface area contributed by atoms with Gasteiger partial charge in [-0.1, -0.05) is 25.6 Å². The van der Waals surface area contributed by atoms with Gasteiger partial charge < -0.3 is 0 Å². The smallest absolute Gasteiger partial charge is 0.267 e. The van der Waals surface area contributed by atoms with Gasteiger partial charge in [-0.3, -0.25) is 9.36 Å². The Kier molecular flexibility index (Phi) is 3.11. The van der Waals surface area contributed by atoms with Crippen LogP contribution in [0.15, 0.2) is 14.8 Å². The summed E-state index contributed by atoms with van der Waals surface area (Å²) in [6, 6.07) is 0. The van der Waals surface area contributed by atoms with Crippen molar-refractivity contribution in [2.75, 3.05) is 5.75 Å². The predicted octanol–water partition coefficient (Wildman–Crippen LogP) is 1.93. The van der Waals surface area contributed by atoms with Gasteiger partial charge in [0.05, 0.1) is 10.6 Å². The Balaban J connectivity index is 2.52. The van der Waals surface area contributed by atoms with Crippen molar-refractivity contribution in [3.8, 4) is 0 Å². The molecule has 2 heterocycles. The van der Waals surface area contributed by atoms with Gasteiger partial charge in [-0.15, -0.1) is 11.8 Å². The highest BCUT2D eigenvalue weighted by Gasteiger charge is 2.24. The Morgan fingerprint density at radius 3 is 3.07 bits per heavy atom. The van der Waals surface area contributed by atoms with E-state index in [9.17, 15) is 4.79 Å². The highest BCUT2D eigenvalue weighted by Crippen LogP contribution is 2.33.